The van der Waals surface area contributed by atoms with E-state index >= 15 is 0 Å². The molecular formula is C20H22F2N2O4S. The van der Waals surface area contributed by atoms with Crippen LogP contribution in [0.15, 0.2) is 47.4 Å². The van der Waals surface area contributed by atoms with Gasteiger partial charge in [0.15, 0.2) is 0 Å². The molecule has 0 unspecified atom stereocenters. The van der Waals surface area contributed by atoms with Gasteiger partial charge < -0.3 is 10.1 Å². The molecule has 0 aromatic heterocycles. The minimum Gasteiger partial charge on any atom is -0.435 e. The largest absolute Gasteiger partial charge is 0.435 e. The standard InChI is InChI=1S/C20H22F2N2O4S/c1-14-5-10-17(29(26,27)24-11-3-2-4-12-24)13-18(14)23-19(25)15-6-8-16(9-7-15)28-20(21)22/h5-10,13,20H,2-4,11-12H2,1H3,(H,23,25). The summed E-state index contributed by atoms with van der Waals surface area (Å²) in [6.07, 6.45) is 2.68. The Morgan fingerprint density at radius 3 is 2.34 bits per heavy atom. The third kappa shape index (κ3) is 5.10. The van der Waals surface area contributed by atoms with Gasteiger partial charge in [0.1, 0.15) is 5.75 Å². The predicted molar refractivity (Wildman–Crippen MR) is 105 cm³/mol. The molecule has 9 heteroatoms. The Bertz CT molecular complexity index is 972. The summed E-state index contributed by atoms with van der Waals surface area (Å²) >= 11 is 0. The van der Waals surface area contributed by atoms with Gasteiger partial charge in [-0.15, -0.1) is 0 Å². The van der Waals surface area contributed by atoms with E-state index in [0.717, 1.165) is 19.3 Å². The van der Waals surface area contributed by atoms with Gasteiger partial charge in [-0.1, -0.05) is 12.5 Å². The zero-order valence-corrected chi connectivity index (χ0v) is 16.7. The van der Waals surface area contributed by atoms with Gasteiger partial charge in [0.25, 0.3) is 5.91 Å². The monoisotopic (exact) mass is 424 g/mol. The number of nitrogens with one attached hydrogen (secondary N) is 1. The third-order valence-corrected chi connectivity index (χ3v) is 6.65. The Morgan fingerprint density at radius 1 is 1.07 bits per heavy atom. The first-order valence-corrected chi connectivity index (χ1v) is 10.7. The second kappa shape index (κ2) is 8.87. The van der Waals surface area contributed by atoms with Crippen LogP contribution in [-0.2, 0) is 10.0 Å². The first kappa shape index (κ1) is 21.2. The first-order chi connectivity index (χ1) is 13.8. The van der Waals surface area contributed by atoms with Crippen molar-refractivity contribution in [2.45, 2.75) is 37.7 Å². The maximum absolute atomic E-state index is 12.9. The SMILES string of the molecule is Cc1ccc(S(=O)(=O)N2CCCCC2)cc1NC(=O)c1ccc(OC(F)F)cc1. The molecule has 156 valence electrons. The van der Waals surface area contributed by atoms with Crippen molar-refractivity contribution in [2.24, 2.45) is 0 Å². The van der Waals surface area contributed by atoms with E-state index in [4.69, 9.17) is 0 Å². The lowest BCUT2D eigenvalue weighted by Gasteiger charge is -2.26. The fourth-order valence-corrected chi connectivity index (χ4v) is 4.68. The van der Waals surface area contributed by atoms with E-state index in [1.807, 2.05) is 0 Å². The number of carbonyl (C=O) groups excluding carboxylic acids is 1. The van der Waals surface area contributed by atoms with Crippen LogP contribution in [0, 0.1) is 6.92 Å². The van der Waals surface area contributed by atoms with Crippen molar-refractivity contribution in [3.63, 3.8) is 0 Å². The summed E-state index contributed by atoms with van der Waals surface area (Å²) in [6.45, 7) is -0.204. The van der Waals surface area contributed by atoms with Crippen molar-refractivity contribution < 1.29 is 26.7 Å². The average Bonchev–Trinajstić information content (AvgIpc) is 2.70. The zero-order chi connectivity index (χ0) is 21.0. The van der Waals surface area contributed by atoms with E-state index in [9.17, 15) is 22.0 Å². The summed E-state index contributed by atoms with van der Waals surface area (Å²) in [5, 5.41) is 2.69. The molecule has 0 radical (unpaired) electrons. The first-order valence-electron chi connectivity index (χ1n) is 9.24. The number of nitrogens with zero attached hydrogens (tertiary/aromatic N) is 1. The molecule has 0 aliphatic carbocycles. The van der Waals surface area contributed by atoms with Gasteiger partial charge in [-0.05, 0) is 61.7 Å². The maximum atomic E-state index is 12.9. The lowest BCUT2D eigenvalue weighted by molar-refractivity contribution is -0.0498. The molecule has 29 heavy (non-hydrogen) atoms. The molecule has 6 nitrogen and oxygen atoms in total. The van der Waals surface area contributed by atoms with Crippen LogP contribution < -0.4 is 10.1 Å². The molecule has 1 aliphatic heterocycles. The fraction of sp³-hybridized carbons (Fsp3) is 0.350. The molecule has 1 fully saturated rings. The molecule has 0 bridgehead atoms. The number of benzene rings is 2. The minimum atomic E-state index is -3.62. The smallest absolute Gasteiger partial charge is 0.387 e. The lowest BCUT2D eigenvalue weighted by Crippen LogP contribution is -2.35. The van der Waals surface area contributed by atoms with E-state index < -0.39 is 22.5 Å². The quantitative estimate of drug-likeness (QED) is 0.760. The van der Waals surface area contributed by atoms with Crippen LogP contribution in [-0.4, -0.2) is 38.3 Å². The third-order valence-electron chi connectivity index (χ3n) is 4.75. The number of ether oxygens (including phenoxy) is 1. The number of hydrogen-bond donors (Lipinski definition) is 1. The number of sulfonamides is 1. The summed E-state index contributed by atoms with van der Waals surface area (Å²) in [5.74, 6) is -0.536. The fourth-order valence-electron chi connectivity index (χ4n) is 3.13. The van der Waals surface area contributed by atoms with Crippen molar-refractivity contribution in [1.29, 1.82) is 0 Å². The van der Waals surface area contributed by atoms with E-state index in [1.54, 1.807) is 13.0 Å². The van der Waals surface area contributed by atoms with Crippen LogP contribution in [0.3, 0.4) is 0 Å². The highest BCUT2D eigenvalue weighted by atomic mass is 32.2. The van der Waals surface area contributed by atoms with E-state index in [1.165, 1.54) is 40.7 Å². The molecule has 1 aliphatic rings. The van der Waals surface area contributed by atoms with Crippen LogP contribution in [0.5, 0.6) is 5.75 Å². The normalized spacial score (nSPS) is 15.3. The Hall–Kier alpha value is -2.52. The molecule has 0 atom stereocenters. The van der Waals surface area contributed by atoms with Crippen LogP contribution in [0.25, 0.3) is 0 Å². The molecule has 0 spiro atoms. The van der Waals surface area contributed by atoms with Crippen LogP contribution in [0.4, 0.5) is 14.5 Å². The number of rotatable bonds is 6. The van der Waals surface area contributed by atoms with E-state index in [0.29, 0.717) is 24.3 Å². The van der Waals surface area contributed by atoms with Gasteiger partial charge in [-0.3, -0.25) is 4.79 Å². The number of carbonyl (C=O) groups is 1. The highest BCUT2D eigenvalue weighted by Crippen LogP contribution is 2.26. The molecule has 1 saturated heterocycles. The van der Waals surface area contributed by atoms with Crippen molar-refractivity contribution in [2.75, 3.05) is 18.4 Å². The Balaban J connectivity index is 1.78. The molecule has 1 heterocycles. The Labute approximate surface area is 168 Å². The van der Waals surface area contributed by atoms with Crippen molar-refractivity contribution in [1.82, 2.24) is 4.31 Å². The van der Waals surface area contributed by atoms with Crippen LogP contribution >= 0.6 is 0 Å². The van der Waals surface area contributed by atoms with Gasteiger partial charge >= 0.3 is 6.61 Å². The number of piperidine rings is 1. The Morgan fingerprint density at radius 2 is 1.72 bits per heavy atom. The van der Waals surface area contributed by atoms with E-state index in [2.05, 4.69) is 10.1 Å². The average molecular weight is 424 g/mol. The van der Waals surface area contributed by atoms with Crippen LogP contribution in [0.1, 0.15) is 35.2 Å². The number of alkyl halides is 2. The van der Waals surface area contributed by atoms with Crippen LogP contribution in [0.2, 0.25) is 0 Å². The summed E-state index contributed by atoms with van der Waals surface area (Å²) < 4.78 is 55.9. The molecule has 2 aromatic carbocycles. The number of halogens is 2. The lowest BCUT2D eigenvalue weighted by atomic mass is 10.1. The summed E-state index contributed by atoms with van der Waals surface area (Å²) in [7, 11) is -3.62. The molecule has 0 saturated carbocycles. The van der Waals surface area contributed by atoms with Gasteiger partial charge in [-0.25, -0.2) is 8.42 Å². The molecule has 3 rings (SSSR count). The predicted octanol–water partition coefficient (Wildman–Crippen LogP) is 4.02. The van der Waals surface area contributed by atoms with Crippen molar-refractivity contribution in [3.05, 3.63) is 53.6 Å². The minimum absolute atomic E-state index is 0.0534. The number of hydrogen-bond acceptors (Lipinski definition) is 4. The van der Waals surface area contributed by atoms with E-state index in [-0.39, 0.29) is 16.2 Å². The summed E-state index contributed by atoms with van der Waals surface area (Å²) in [6, 6.07) is 9.88. The summed E-state index contributed by atoms with van der Waals surface area (Å²) in [4.78, 5) is 12.6. The van der Waals surface area contributed by atoms with Gasteiger partial charge in [0.2, 0.25) is 10.0 Å². The van der Waals surface area contributed by atoms with Gasteiger partial charge in [0.05, 0.1) is 4.90 Å². The number of anilines is 1. The highest BCUT2D eigenvalue weighted by molar-refractivity contribution is 7.89. The molecular weight excluding hydrogens is 402 g/mol. The zero-order valence-electron chi connectivity index (χ0n) is 15.9. The molecule has 1 amide bonds. The number of amides is 1. The van der Waals surface area contributed by atoms with Crippen molar-refractivity contribution in [3.8, 4) is 5.75 Å². The molecule has 1 N–H and O–H groups in total. The summed E-state index contributed by atoms with van der Waals surface area (Å²) in [5.41, 5.74) is 1.31. The molecule has 2 aromatic rings. The van der Waals surface area contributed by atoms with Gasteiger partial charge in [0, 0.05) is 24.3 Å². The number of aryl methyl sites for hydroxylation is 1. The second-order valence-corrected chi connectivity index (χ2v) is 8.74. The maximum Gasteiger partial charge on any atom is 0.387 e. The van der Waals surface area contributed by atoms with Gasteiger partial charge in [-0.2, -0.15) is 13.1 Å². The highest BCUT2D eigenvalue weighted by Gasteiger charge is 2.26. The topological polar surface area (TPSA) is 75.7 Å². The second-order valence-electron chi connectivity index (χ2n) is 6.80. The van der Waals surface area contributed by atoms with Crippen molar-refractivity contribution >= 4 is 21.6 Å². The Kier molecular flexibility index (Phi) is 6.49.